The van der Waals surface area contributed by atoms with Crippen LogP contribution in [0.4, 0.5) is 5.69 Å². The van der Waals surface area contributed by atoms with Crippen molar-refractivity contribution in [2.45, 2.75) is 0 Å². The maximum absolute atomic E-state index is 10.7. The molecule has 2 rings (SSSR count). The molecule has 92 valence electrons. The van der Waals surface area contributed by atoms with E-state index in [1.54, 1.807) is 24.3 Å². The van der Waals surface area contributed by atoms with Gasteiger partial charge in [-0.2, -0.15) is 9.97 Å². The van der Waals surface area contributed by atoms with E-state index in [0.29, 0.717) is 5.75 Å². The number of hydrogen-bond acceptors (Lipinski definition) is 6. The monoisotopic (exact) mass is 247 g/mol. The van der Waals surface area contributed by atoms with E-state index in [1.165, 1.54) is 7.11 Å². The molecule has 18 heavy (non-hydrogen) atoms. The number of benzene rings is 1. The van der Waals surface area contributed by atoms with E-state index in [2.05, 4.69) is 9.97 Å². The van der Waals surface area contributed by atoms with Crippen molar-refractivity contribution in [1.82, 2.24) is 9.97 Å². The average molecular weight is 247 g/mol. The van der Waals surface area contributed by atoms with E-state index in [1.807, 2.05) is 6.07 Å². The molecular formula is C11H9N3O4. The van der Waals surface area contributed by atoms with Crippen LogP contribution < -0.4 is 9.47 Å². The SMILES string of the molecule is COc1nc(Oc2ccccc2)ncc1[N+](=O)[O-]. The van der Waals surface area contributed by atoms with Gasteiger partial charge in [-0.1, -0.05) is 18.2 Å². The number of rotatable bonds is 4. The predicted octanol–water partition coefficient (Wildman–Crippen LogP) is 2.19. The van der Waals surface area contributed by atoms with Crippen LogP contribution in [0, 0.1) is 10.1 Å². The van der Waals surface area contributed by atoms with Crippen LogP contribution in [-0.4, -0.2) is 22.0 Å². The van der Waals surface area contributed by atoms with Gasteiger partial charge in [0.25, 0.3) is 5.88 Å². The van der Waals surface area contributed by atoms with Gasteiger partial charge < -0.3 is 9.47 Å². The van der Waals surface area contributed by atoms with Gasteiger partial charge in [0, 0.05) is 0 Å². The molecule has 0 unspecified atom stereocenters. The molecule has 0 radical (unpaired) electrons. The van der Waals surface area contributed by atoms with Crippen LogP contribution in [0.2, 0.25) is 0 Å². The standard InChI is InChI=1S/C11H9N3O4/c1-17-10-9(14(15)16)7-12-11(13-10)18-8-5-3-2-4-6-8/h2-7H,1H3. The minimum absolute atomic E-state index is 0.0105. The highest BCUT2D eigenvalue weighted by Crippen LogP contribution is 2.26. The lowest BCUT2D eigenvalue weighted by atomic mass is 10.3. The molecule has 1 heterocycles. The molecular weight excluding hydrogens is 238 g/mol. The van der Waals surface area contributed by atoms with Crippen LogP contribution >= 0.6 is 0 Å². The molecule has 7 nitrogen and oxygen atoms in total. The largest absolute Gasteiger partial charge is 0.476 e. The summed E-state index contributed by atoms with van der Waals surface area (Å²) < 4.78 is 10.1. The summed E-state index contributed by atoms with van der Waals surface area (Å²) in [6, 6.07) is 8.85. The molecule has 0 amide bonds. The average Bonchev–Trinajstić information content (AvgIpc) is 2.39. The van der Waals surface area contributed by atoms with Gasteiger partial charge in [0.05, 0.1) is 12.0 Å². The predicted molar refractivity (Wildman–Crippen MR) is 61.8 cm³/mol. The number of para-hydroxylation sites is 1. The second-order valence-corrected chi connectivity index (χ2v) is 3.22. The summed E-state index contributed by atoms with van der Waals surface area (Å²) in [4.78, 5) is 17.6. The van der Waals surface area contributed by atoms with Gasteiger partial charge in [0.15, 0.2) is 0 Å². The van der Waals surface area contributed by atoms with Crippen molar-refractivity contribution >= 4 is 5.69 Å². The molecule has 0 atom stereocenters. The zero-order chi connectivity index (χ0) is 13.0. The van der Waals surface area contributed by atoms with Crippen molar-refractivity contribution in [3.63, 3.8) is 0 Å². The highest BCUT2D eigenvalue weighted by molar-refractivity contribution is 5.39. The summed E-state index contributed by atoms with van der Waals surface area (Å²) in [5.41, 5.74) is -0.307. The lowest BCUT2D eigenvalue weighted by Crippen LogP contribution is -1.99. The first-order valence-electron chi connectivity index (χ1n) is 4.99. The van der Waals surface area contributed by atoms with E-state index in [9.17, 15) is 10.1 Å². The number of nitrogens with zero attached hydrogens (tertiary/aromatic N) is 3. The molecule has 0 saturated heterocycles. The van der Waals surface area contributed by atoms with E-state index < -0.39 is 4.92 Å². The quantitative estimate of drug-likeness (QED) is 0.607. The first kappa shape index (κ1) is 11.8. The van der Waals surface area contributed by atoms with Gasteiger partial charge in [-0.25, -0.2) is 0 Å². The molecule has 0 saturated carbocycles. The van der Waals surface area contributed by atoms with Crippen LogP contribution in [-0.2, 0) is 0 Å². The van der Waals surface area contributed by atoms with Crippen LogP contribution in [0.5, 0.6) is 17.6 Å². The topological polar surface area (TPSA) is 87.4 Å². The maximum atomic E-state index is 10.7. The lowest BCUT2D eigenvalue weighted by molar-refractivity contribution is -0.386. The zero-order valence-corrected chi connectivity index (χ0v) is 9.44. The highest BCUT2D eigenvalue weighted by atomic mass is 16.6. The molecule has 0 aliphatic rings. The number of aromatic nitrogens is 2. The Bertz CT molecular complexity index is 559. The first-order valence-corrected chi connectivity index (χ1v) is 4.99. The number of nitro groups is 1. The van der Waals surface area contributed by atoms with Crippen molar-refractivity contribution in [3.05, 3.63) is 46.6 Å². The summed E-state index contributed by atoms with van der Waals surface area (Å²) in [6.45, 7) is 0. The Morgan fingerprint density at radius 3 is 2.61 bits per heavy atom. The Balaban J connectivity index is 2.28. The molecule has 1 aromatic carbocycles. The van der Waals surface area contributed by atoms with Crippen LogP contribution in [0.3, 0.4) is 0 Å². The van der Waals surface area contributed by atoms with Gasteiger partial charge in [-0.15, -0.1) is 0 Å². The minimum Gasteiger partial charge on any atom is -0.476 e. The van der Waals surface area contributed by atoms with Crippen LogP contribution in [0.15, 0.2) is 36.5 Å². The first-order chi connectivity index (χ1) is 8.70. The number of ether oxygens (including phenoxy) is 2. The Hall–Kier alpha value is -2.70. The second-order valence-electron chi connectivity index (χ2n) is 3.22. The highest BCUT2D eigenvalue weighted by Gasteiger charge is 2.18. The Labute approximate surface area is 102 Å². The van der Waals surface area contributed by atoms with E-state index in [4.69, 9.17) is 9.47 Å². The Kier molecular flexibility index (Phi) is 3.33. The van der Waals surface area contributed by atoms with Crippen LogP contribution in [0.1, 0.15) is 0 Å². The molecule has 0 aliphatic heterocycles. The minimum atomic E-state index is -0.620. The molecule has 0 spiro atoms. The summed E-state index contributed by atoms with van der Waals surface area (Å²) in [7, 11) is 1.29. The van der Waals surface area contributed by atoms with Crippen molar-refractivity contribution in [1.29, 1.82) is 0 Å². The molecule has 0 fully saturated rings. The second kappa shape index (κ2) is 5.09. The molecule has 1 aromatic heterocycles. The third-order valence-corrected chi connectivity index (χ3v) is 2.06. The summed E-state index contributed by atoms with van der Waals surface area (Å²) in [5.74, 6) is 0.398. The fourth-order valence-corrected chi connectivity index (χ4v) is 1.26. The molecule has 0 aliphatic carbocycles. The summed E-state index contributed by atoms with van der Waals surface area (Å²) in [5, 5.41) is 10.7. The smallest absolute Gasteiger partial charge is 0.349 e. The molecule has 0 N–H and O–H groups in total. The Morgan fingerprint density at radius 2 is 2.00 bits per heavy atom. The van der Waals surface area contributed by atoms with Crippen molar-refractivity contribution in [3.8, 4) is 17.6 Å². The third kappa shape index (κ3) is 2.51. The molecule has 2 aromatic rings. The molecule has 7 heteroatoms. The van der Waals surface area contributed by atoms with Gasteiger partial charge in [-0.3, -0.25) is 10.1 Å². The van der Waals surface area contributed by atoms with Crippen LogP contribution in [0.25, 0.3) is 0 Å². The van der Waals surface area contributed by atoms with Gasteiger partial charge in [0.1, 0.15) is 11.9 Å². The van der Waals surface area contributed by atoms with Gasteiger partial charge in [0.2, 0.25) is 0 Å². The third-order valence-electron chi connectivity index (χ3n) is 2.06. The molecule has 0 bridgehead atoms. The fraction of sp³-hybridized carbons (Fsp3) is 0.0909. The lowest BCUT2D eigenvalue weighted by Gasteiger charge is -2.04. The van der Waals surface area contributed by atoms with Crippen molar-refractivity contribution in [2.75, 3.05) is 7.11 Å². The fourth-order valence-electron chi connectivity index (χ4n) is 1.26. The number of hydrogen-bond donors (Lipinski definition) is 0. The van der Waals surface area contributed by atoms with Gasteiger partial charge in [-0.05, 0) is 12.1 Å². The number of methoxy groups -OCH3 is 1. The van der Waals surface area contributed by atoms with Crippen molar-refractivity contribution in [2.24, 2.45) is 0 Å². The summed E-state index contributed by atoms with van der Waals surface area (Å²) in [6.07, 6.45) is 1.05. The van der Waals surface area contributed by atoms with E-state index in [-0.39, 0.29) is 17.6 Å². The summed E-state index contributed by atoms with van der Waals surface area (Å²) >= 11 is 0. The van der Waals surface area contributed by atoms with Crippen molar-refractivity contribution < 1.29 is 14.4 Å². The normalized spacial score (nSPS) is 9.83. The van der Waals surface area contributed by atoms with E-state index in [0.717, 1.165) is 6.20 Å². The maximum Gasteiger partial charge on any atom is 0.349 e. The zero-order valence-electron chi connectivity index (χ0n) is 9.44. The Morgan fingerprint density at radius 1 is 1.28 bits per heavy atom. The van der Waals surface area contributed by atoms with Gasteiger partial charge >= 0.3 is 11.7 Å². The van der Waals surface area contributed by atoms with E-state index >= 15 is 0 Å².